The Balaban J connectivity index is 1.80. The van der Waals surface area contributed by atoms with Gasteiger partial charge in [0, 0.05) is 6.42 Å². The normalized spacial score (nSPS) is 25.1. The molecule has 1 unspecified atom stereocenters. The average Bonchev–Trinajstić information content (AvgIpc) is 2.99. The number of ketones is 1. The number of carbonyl (C=O) groups is 3. The third-order valence-electron chi connectivity index (χ3n) is 5.73. The molecule has 3 atom stereocenters. The number of hydrogen-bond acceptors (Lipinski definition) is 5. The minimum atomic E-state index is -1.22. The Bertz CT molecular complexity index is 999. The molecule has 170 valence electrons. The number of ether oxygens (including phenoxy) is 2. The van der Waals surface area contributed by atoms with E-state index in [4.69, 9.17) is 9.47 Å². The highest BCUT2D eigenvalue weighted by Crippen LogP contribution is 2.45. The van der Waals surface area contributed by atoms with Gasteiger partial charge in [-0.2, -0.15) is 0 Å². The molecule has 1 spiro atoms. The molecule has 0 N–H and O–H groups in total. The van der Waals surface area contributed by atoms with Gasteiger partial charge in [0.15, 0.2) is 5.78 Å². The van der Waals surface area contributed by atoms with Gasteiger partial charge in [-0.1, -0.05) is 23.3 Å². The fourth-order valence-corrected chi connectivity index (χ4v) is 4.05. The predicted molar refractivity (Wildman–Crippen MR) is 114 cm³/mol. The first-order valence-electron chi connectivity index (χ1n) is 10.5. The van der Waals surface area contributed by atoms with Gasteiger partial charge in [-0.15, -0.1) is 0 Å². The summed E-state index contributed by atoms with van der Waals surface area (Å²) >= 11 is 0. The molecule has 7 heteroatoms. The monoisotopic (exact) mass is 444 g/mol. The molecule has 1 heterocycles. The van der Waals surface area contributed by atoms with Crippen LogP contribution in [0.1, 0.15) is 56.8 Å². The Hall–Kier alpha value is -3.09. The fraction of sp³-hybridized carbons (Fsp3) is 0.400. The highest BCUT2D eigenvalue weighted by molar-refractivity contribution is 6.00. The molecule has 0 amide bonds. The van der Waals surface area contributed by atoms with Crippen LogP contribution in [0.5, 0.6) is 0 Å². The van der Waals surface area contributed by atoms with Crippen LogP contribution in [-0.2, 0) is 19.1 Å². The van der Waals surface area contributed by atoms with Crippen molar-refractivity contribution in [2.45, 2.75) is 58.7 Å². The average molecular weight is 444 g/mol. The third kappa shape index (κ3) is 5.03. The number of allylic oxidation sites excluding steroid dienone is 4. The molecule has 3 rings (SSSR count). The predicted octanol–water partition coefficient (Wildman–Crippen LogP) is 5.01. The summed E-state index contributed by atoms with van der Waals surface area (Å²) < 4.78 is 38.6. The first-order valence-corrected chi connectivity index (χ1v) is 10.5. The van der Waals surface area contributed by atoms with Gasteiger partial charge < -0.3 is 9.47 Å². The number of carbonyl (C=O) groups excluding carboxylic acids is 3. The highest BCUT2D eigenvalue weighted by atomic mass is 19.1. The fourth-order valence-electron chi connectivity index (χ4n) is 4.05. The smallest absolute Gasteiger partial charge is 0.344 e. The van der Waals surface area contributed by atoms with Gasteiger partial charge in [0.2, 0.25) is 0 Å². The van der Waals surface area contributed by atoms with E-state index in [1.807, 2.05) is 20.8 Å². The Kier molecular flexibility index (Phi) is 7.06. The van der Waals surface area contributed by atoms with Crippen molar-refractivity contribution in [3.05, 3.63) is 70.8 Å². The number of cyclic esters (lactones) is 1. The first-order chi connectivity index (χ1) is 15.1. The molecule has 1 aromatic rings. The Morgan fingerprint density at radius 1 is 1.22 bits per heavy atom. The summed E-state index contributed by atoms with van der Waals surface area (Å²) in [7, 11) is 0. The van der Waals surface area contributed by atoms with Crippen molar-refractivity contribution < 1.29 is 32.6 Å². The largest absolute Gasteiger partial charge is 0.457 e. The molecule has 0 aromatic heterocycles. The standard InChI is InChI=1S/C25H26F2O5/c1-15(2)6-4-7-16(3)12-21-25(14-22(29)32-21)13-17(10-11-20(25)28)31-24(30)23-18(26)8-5-9-19(23)27/h5-6,8-12,17,21H,4,7,13-14H2,1-3H3/b16-12+/t17-,21-,25?/m1/s1. The number of esters is 2. The van der Waals surface area contributed by atoms with Gasteiger partial charge in [0.05, 0.1) is 11.8 Å². The number of halogens is 2. The van der Waals surface area contributed by atoms with Crippen molar-refractivity contribution in [1.29, 1.82) is 0 Å². The van der Waals surface area contributed by atoms with E-state index in [-0.39, 0.29) is 18.6 Å². The molecule has 1 aromatic carbocycles. The van der Waals surface area contributed by atoms with E-state index in [0.29, 0.717) is 0 Å². The van der Waals surface area contributed by atoms with E-state index in [2.05, 4.69) is 6.08 Å². The maximum absolute atomic E-state index is 13.9. The lowest BCUT2D eigenvalue weighted by atomic mass is 9.69. The second-order valence-electron chi connectivity index (χ2n) is 8.54. The molecule has 0 radical (unpaired) electrons. The van der Waals surface area contributed by atoms with Crippen LogP contribution >= 0.6 is 0 Å². The van der Waals surface area contributed by atoms with Crippen LogP contribution in [-0.4, -0.2) is 29.9 Å². The maximum Gasteiger partial charge on any atom is 0.344 e. The lowest BCUT2D eigenvalue weighted by Gasteiger charge is -2.34. The van der Waals surface area contributed by atoms with Crippen molar-refractivity contribution in [2.24, 2.45) is 5.41 Å². The van der Waals surface area contributed by atoms with Crippen molar-refractivity contribution >= 4 is 17.7 Å². The quantitative estimate of drug-likeness (QED) is 0.456. The maximum atomic E-state index is 13.9. The van der Waals surface area contributed by atoms with E-state index in [0.717, 1.165) is 36.6 Å². The van der Waals surface area contributed by atoms with E-state index in [1.165, 1.54) is 17.7 Å². The van der Waals surface area contributed by atoms with E-state index in [9.17, 15) is 23.2 Å². The summed E-state index contributed by atoms with van der Waals surface area (Å²) in [4.78, 5) is 37.4. The van der Waals surface area contributed by atoms with Crippen molar-refractivity contribution in [1.82, 2.24) is 0 Å². The van der Waals surface area contributed by atoms with Gasteiger partial charge in [0.1, 0.15) is 29.4 Å². The van der Waals surface area contributed by atoms with Crippen LogP contribution in [0.25, 0.3) is 0 Å². The van der Waals surface area contributed by atoms with Gasteiger partial charge in [-0.3, -0.25) is 9.59 Å². The molecular formula is C25H26F2O5. The number of rotatable bonds is 6. The molecule has 32 heavy (non-hydrogen) atoms. The van der Waals surface area contributed by atoms with Gasteiger partial charge >= 0.3 is 11.9 Å². The van der Waals surface area contributed by atoms with Crippen LogP contribution < -0.4 is 0 Å². The first kappa shape index (κ1) is 23.6. The molecule has 2 aliphatic rings. The topological polar surface area (TPSA) is 69.7 Å². The summed E-state index contributed by atoms with van der Waals surface area (Å²) in [5.74, 6) is -4.06. The molecule has 1 saturated heterocycles. The van der Waals surface area contributed by atoms with E-state index in [1.54, 1.807) is 6.08 Å². The van der Waals surface area contributed by atoms with E-state index >= 15 is 0 Å². The highest BCUT2D eigenvalue weighted by Gasteiger charge is 2.55. The molecule has 1 fully saturated rings. The van der Waals surface area contributed by atoms with Crippen LogP contribution in [0.3, 0.4) is 0 Å². The Labute approximate surface area is 185 Å². The molecule has 1 aliphatic heterocycles. The summed E-state index contributed by atoms with van der Waals surface area (Å²) in [5.41, 5.74) is 0.149. The van der Waals surface area contributed by atoms with Crippen LogP contribution in [0.2, 0.25) is 0 Å². The van der Waals surface area contributed by atoms with Crippen LogP contribution in [0.15, 0.2) is 53.6 Å². The van der Waals surface area contributed by atoms with Crippen molar-refractivity contribution in [3.63, 3.8) is 0 Å². The number of benzene rings is 1. The zero-order chi connectivity index (χ0) is 23.5. The molecule has 0 bridgehead atoms. The molecule has 0 saturated carbocycles. The van der Waals surface area contributed by atoms with Gasteiger partial charge in [-0.25, -0.2) is 13.6 Å². The Morgan fingerprint density at radius 2 is 1.91 bits per heavy atom. The Morgan fingerprint density at radius 3 is 2.56 bits per heavy atom. The SMILES string of the molecule is CC(C)=CCC/C(C)=C/[C@H]1OC(=O)CC12C[C@H](OC(=O)c1c(F)cccc1F)C=CC2=O. The minimum absolute atomic E-state index is 0.0156. The lowest BCUT2D eigenvalue weighted by molar-refractivity contribution is -0.140. The zero-order valence-corrected chi connectivity index (χ0v) is 18.3. The number of hydrogen-bond donors (Lipinski definition) is 0. The van der Waals surface area contributed by atoms with Crippen molar-refractivity contribution in [3.8, 4) is 0 Å². The van der Waals surface area contributed by atoms with E-state index < -0.39 is 46.8 Å². The summed E-state index contributed by atoms with van der Waals surface area (Å²) in [6, 6.07) is 3.07. The summed E-state index contributed by atoms with van der Waals surface area (Å²) in [5, 5.41) is 0. The third-order valence-corrected chi connectivity index (χ3v) is 5.73. The summed E-state index contributed by atoms with van der Waals surface area (Å²) in [6.45, 7) is 5.92. The molecule has 5 nitrogen and oxygen atoms in total. The van der Waals surface area contributed by atoms with Crippen molar-refractivity contribution in [2.75, 3.05) is 0 Å². The second-order valence-corrected chi connectivity index (χ2v) is 8.54. The second kappa shape index (κ2) is 9.59. The molecular weight excluding hydrogens is 418 g/mol. The lowest BCUT2D eigenvalue weighted by Crippen LogP contribution is -2.43. The summed E-state index contributed by atoms with van der Waals surface area (Å²) in [6.07, 6.45) is 6.15. The van der Waals surface area contributed by atoms with Gasteiger partial charge in [-0.05, 0) is 64.0 Å². The van der Waals surface area contributed by atoms with Gasteiger partial charge in [0.25, 0.3) is 0 Å². The minimum Gasteiger partial charge on any atom is -0.457 e. The van der Waals surface area contributed by atoms with Crippen LogP contribution in [0.4, 0.5) is 8.78 Å². The molecule has 1 aliphatic carbocycles. The van der Waals surface area contributed by atoms with Crippen LogP contribution in [0, 0.1) is 17.0 Å². The zero-order valence-electron chi connectivity index (χ0n) is 18.3.